The molecule has 0 radical (unpaired) electrons. The zero-order valence-electron chi connectivity index (χ0n) is 9.14. The average Bonchev–Trinajstić information content (AvgIpc) is 2.29. The van der Waals surface area contributed by atoms with E-state index in [1.165, 1.54) is 3.57 Å². The lowest BCUT2D eigenvalue weighted by molar-refractivity contribution is 0.0660. The highest BCUT2D eigenvalue weighted by atomic mass is 127. The first kappa shape index (κ1) is 11.0. The minimum Gasteiger partial charge on any atom is -0.482 e. The number of fused-ring (bicyclic) bond motifs is 1. The molecule has 3 heteroatoms. The second-order valence-electron chi connectivity index (χ2n) is 3.96. The van der Waals surface area contributed by atoms with E-state index in [0.29, 0.717) is 0 Å². The Kier molecular flexibility index (Phi) is 3.09. The predicted molar refractivity (Wildman–Crippen MR) is 71.6 cm³/mol. The molecule has 0 amide bonds. The van der Waals surface area contributed by atoms with Crippen molar-refractivity contribution in [2.75, 3.05) is 11.9 Å². The summed E-state index contributed by atoms with van der Waals surface area (Å²) in [5, 5.41) is 3.47. The summed E-state index contributed by atoms with van der Waals surface area (Å²) in [4.78, 5) is 0. The monoisotopic (exact) mass is 317 g/mol. The van der Waals surface area contributed by atoms with Crippen molar-refractivity contribution in [3.8, 4) is 5.75 Å². The number of hydrogen-bond donors (Lipinski definition) is 1. The van der Waals surface area contributed by atoms with Gasteiger partial charge in [0.2, 0.25) is 0 Å². The van der Waals surface area contributed by atoms with Crippen molar-refractivity contribution in [1.82, 2.24) is 0 Å². The number of ether oxygens (including phenoxy) is 1. The van der Waals surface area contributed by atoms with E-state index < -0.39 is 0 Å². The molecular weight excluding hydrogens is 301 g/mol. The standard InChI is InChI=1S/C12H16INO/c1-3-12(4-2)8-14-10-7-5-6-9(13)11(10)15-12/h5-7,14H,3-4,8H2,1-2H3. The van der Waals surface area contributed by atoms with E-state index in [-0.39, 0.29) is 5.60 Å². The molecule has 2 nitrogen and oxygen atoms in total. The molecule has 0 saturated carbocycles. The highest BCUT2D eigenvalue weighted by Crippen LogP contribution is 2.38. The second kappa shape index (κ2) is 4.20. The van der Waals surface area contributed by atoms with Gasteiger partial charge in [-0.15, -0.1) is 0 Å². The fourth-order valence-electron chi connectivity index (χ4n) is 1.91. The Morgan fingerprint density at radius 3 is 2.80 bits per heavy atom. The molecule has 0 saturated heterocycles. The van der Waals surface area contributed by atoms with Gasteiger partial charge in [0, 0.05) is 0 Å². The first-order valence-electron chi connectivity index (χ1n) is 5.42. The van der Waals surface area contributed by atoms with Gasteiger partial charge in [0.25, 0.3) is 0 Å². The van der Waals surface area contributed by atoms with E-state index in [1.807, 2.05) is 0 Å². The lowest BCUT2D eigenvalue weighted by Gasteiger charge is -2.38. The van der Waals surface area contributed by atoms with Crippen LogP contribution in [0.3, 0.4) is 0 Å². The van der Waals surface area contributed by atoms with Crippen molar-refractivity contribution in [3.63, 3.8) is 0 Å². The van der Waals surface area contributed by atoms with Crippen LogP contribution in [0.5, 0.6) is 5.75 Å². The van der Waals surface area contributed by atoms with E-state index in [1.54, 1.807) is 0 Å². The Morgan fingerprint density at radius 1 is 1.40 bits per heavy atom. The van der Waals surface area contributed by atoms with Crippen molar-refractivity contribution in [1.29, 1.82) is 0 Å². The van der Waals surface area contributed by atoms with Crippen LogP contribution in [0.4, 0.5) is 5.69 Å². The fraction of sp³-hybridized carbons (Fsp3) is 0.500. The maximum Gasteiger partial charge on any atom is 0.156 e. The largest absolute Gasteiger partial charge is 0.482 e. The van der Waals surface area contributed by atoms with Gasteiger partial charge < -0.3 is 10.1 Å². The van der Waals surface area contributed by atoms with Gasteiger partial charge in [0.1, 0.15) is 5.60 Å². The van der Waals surface area contributed by atoms with Crippen molar-refractivity contribution < 1.29 is 4.74 Å². The van der Waals surface area contributed by atoms with Crippen molar-refractivity contribution in [2.45, 2.75) is 32.3 Å². The number of rotatable bonds is 2. The number of benzene rings is 1. The lowest BCUT2D eigenvalue weighted by Crippen LogP contribution is -2.45. The molecule has 0 fully saturated rings. The van der Waals surface area contributed by atoms with Crippen LogP contribution in [0.25, 0.3) is 0 Å². The highest BCUT2D eigenvalue weighted by molar-refractivity contribution is 14.1. The van der Waals surface area contributed by atoms with Crippen LogP contribution in [-0.4, -0.2) is 12.1 Å². The molecule has 0 aliphatic carbocycles. The van der Waals surface area contributed by atoms with Gasteiger partial charge in [-0.2, -0.15) is 0 Å². The Morgan fingerprint density at radius 2 is 2.13 bits per heavy atom. The Balaban J connectivity index is 2.36. The second-order valence-corrected chi connectivity index (χ2v) is 5.12. The number of nitrogens with one attached hydrogen (secondary N) is 1. The van der Waals surface area contributed by atoms with Gasteiger partial charge >= 0.3 is 0 Å². The van der Waals surface area contributed by atoms with Gasteiger partial charge in [-0.3, -0.25) is 0 Å². The minimum atomic E-state index is -0.0196. The molecular formula is C12H16INO. The third-order valence-corrected chi connectivity index (χ3v) is 4.02. The molecule has 0 spiro atoms. The van der Waals surface area contributed by atoms with Crippen molar-refractivity contribution in [2.24, 2.45) is 0 Å². The zero-order valence-corrected chi connectivity index (χ0v) is 11.3. The molecule has 0 unspecified atom stereocenters. The normalized spacial score (nSPS) is 17.5. The summed E-state index contributed by atoms with van der Waals surface area (Å²) < 4.78 is 7.36. The van der Waals surface area contributed by atoms with E-state index >= 15 is 0 Å². The van der Waals surface area contributed by atoms with Crippen molar-refractivity contribution in [3.05, 3.63) is 21.8 Å². The van der Waals surface area contributed by atoms with Crippen LogP contribution in [0, 0.1) is 3.57 Å². The Hall–Kier alpha value is -0.450. The van der Waals surface area contributed by atoms with Crippen LogP contribution in [0.15, 0.2) is 18.2 Å². The molecule has 0 atom stereocenters. The summed E-state index contributed by atoms with van der Waals surface area (Å²) in [6, 6.07) is 6.22. The van der Waals surface area contributed by atoms with Crippen LogP contribution in [0.2, 0.25) is 0 Å². The van der Waals surface area contributed by atoms with Gasteiger partial charge in [-0.1, -0.05) is 19.9 Å². The van der Waals surface area contributed by atoms with E-state index in [0.717, 1.165) is 30.8 Å². The van der Waals surface area contributed by atoms with Gasteiger partial charge in [-0.25, -0.2) is 0 Å². The van der Waals surface area contributed by atoms with E-state index in [9.17, 15) is 0 Å². The first-order valence-corrected chi connectivity index (χ1v) is 6.50. The molecule has 1 aromatic carbocycles. The summed E-state index contributed by atoms with van der Waals surface area (Å²) in [5.41, 5.74) is 1.10. The Labute approximate surface area is 105 Å². The van der Waals surface area contributed by atoms with E-state index in [2.05, 4.69) is 60.0 Å². The van der Waals surface area contributed by atoms with Gasteiger partial charge in [0.05, 0.1) is 15.8 Å². The molecule has 0 aromatic heterocycles. The molecule has 1 N–H and O–H groups in total. The summed E-state index contributed by atoms with van der Waals surface area (Å²) in [7, 11) is 0. The van der Waals surface area contributed by atoms with Crippen LogP contribution >= 0.6 is 22.6 Å². The van der Waals surface area contributed by atoms with Gasteiger partial charge in [-0.05, 0) is 47.6 Å². The zero-order chi connectivity index (χ0) is 10.9. The van der Waals surface area contributed by atoms with Crippen LogP contribution < -0.4 is 10.1 Å². The average molecular weight is 317 g/mol. The fourth-order valence-corrected chi connectivity index (χ4v) is 2.51. The number of para-hydroxylation sites is 1. The Bertz CT molecular complexity index is 361. The summed E-state index contributed by atoms with van der Waals surface area (Å²) in [6.45, 7) is 5.28. The highest BCUT2D eigenvalue weighted by Gasteiger charge is 2.33. The molecule has 0 bridgehead atoms. The van der Waals surface area contributed by atoms with Gasteiger partial charge in [0.15, 0.2) is 5.75 Å². The minimum absolute atomic E-state index is 0.0196. The van der Waals surface area contributed by atoms with Crippen LogP contribution in [0.1, 0.15) is 26.7 Å². The van der Waals surface area contributed by atoms with E-state index in [4.69, 9.17) is 4.74 Å². The predicted octanol–water partition coefficient (Wildman–Crippen LogP) is 3.65. The quantitative estimate of drug-likeness (QED) is 0.841. The SMILES string of the molecule is CCC1(CC)CNc2cccc(I)c2O1. The molecule has 15 heavy (non-hydrogen) atoms. The third-order valence-electron chi connectivity index (χ3n) is 3.18. The first-order chi connectivity index (χ1) is 7.21. The summed E-state index contributed by atoms with van der Waals surface area (Å²) >= 11 is 2.33. The molecule has 2 rings (SSSR count). The third kappa shape index (κ3) is 1.94. The molecule has 1 aromatic rings. The summed E-state index contributed by atoms with van der Waals surface area (Å²) in [6.07, 6.45) is 2.09. The number of anilines is 1. The molecule has 1 aliphatic heterocycles. The number of hydrogen-bond acceptors (Lipinski definition) is 2. The molecule has 82 valence electrons. The summed E-state index contributed by atoms with van der Waals surface area (Å²) in [5.74, 6) is 1.02. The molecule has 1 aliphatic rings. The maximum atomic E-state index is 6.18. The maximum absolute atomic E-state index is 6.18. The number of halogens is 1. The molecule has 1 heterocycles. The van der Waals surface area contributed by atoms with Crippen LogP contribution in [-0.2, 0) is 0 Å². The lowest BCUT2D eigenvalue weighted by atomic mass is 9.95. The topological polar surface area (TPSA) is 21.3 Å². The van der Waals surface area contributed by atoms with Crippen molar-refractivity contribution >= 4 is 28.3 Å². The smallest absolute Gasteiger partial charge is 0.156 e.